The third kappa shape index (κ3) is 4.66. The van der Waals surface area contributed by atoms with Gasteiger partial charge >= 0.3 is 12.1 Å². The second-order valence-corrected chi connectivity index (χ2v) is 13.1. The van der Waals surface area contributed by atoms with E-state index >= 15 is 8.78 Å². The van der Waals surface area contributed by atoms with Crippen LogP contribution in [0.4, 0.5) is 28.2 Å². The second-order valence-electron chi connectivity index (χ2n) is 12.4. The van der Waals surface area contributed by atoms with E-state index in [4.69, 9.17) is 9.47 Å². The van der Waals surface area contributed by atoms with Crippen LogP contribution in [0.1, 0.15) is 52.9 Å². The van der Waals surface area contributed by atoms with E-state index in [9.17, 15) is 13.6 Å². The van der Waals surface area contributed by atoms with Gasteiger partial charge in [0.15, 0.2) is 17.5 Å². The van der Waals surface area contributed by atoms with Crippen molar-refractivity contribution in [3.8, 4) is 6.01 Å². The lowest BCUT2D eigenvalue weighted by atomic mass is 9.95. The highest BCUT2D eigenvalue weighted by atomic mass is 79.9. The molecule has 0 N–H and O–H groups in total. The highest BCUT2D eigenvalue weighted by molar-refractivity contribution is 9.10. The molecule has 0 aliphatic carbocycles. The SMILES string of the molecule is CC(C)(C)OC(=O)N1C2CCC1CN(c1nc(OC[C@@]34CCCN3C[C@H](F)C4)nc3c(F)c(Br)c(F)c(F)c13)C2. The van der Waals surface area contributed by atoms with Gasteiger partial charge in [0.2, 0.25) is 0 Å². The molecule has 2 unspecified atom stereocenters. The van der Waals surface area contributed by atoms with Crippen molar-refractivity contribution in [1.82, 2.24) is 19.8 Å². The first-order chi connectivity index (χ1) is 18.9. The molecular formula is C27H32BrF4N5O3. The number of fused-ring (bicyclic) bond motifs is 4. The molecule has 218 valence electrons. The van der Waals surface area contributed by atoms with Gasteiger partial charge in [-0.3, -0.25) is 9.80 Å². The van der Waals surface area contributed by atoms with Crippen molar-refractivity contribution in [1.29, 1.82) is 0 Å². The Morgan fingerprint density at radius 2 is 1.77 bits per heavy atom. The Kier molecular flexibility index (Phi) is 6.83. The van der Waals surface area contributed by atoms with Crippen molar-refractivity contribution in [2.24, 2.45) is 0 Å². The number of ether oxygens (including phenoxy) is 2. The molecule has 0 saturated carbocycles. The lowest BCUT2D eigenvalue weighted by Crippen LogP contribution is -2.57. The zero-order chi connectivity index (χ0) is 28.6. The maximum absolute atomic E-state index is 15.4. The number of anilines is 1. The summed E-state index contributed by atoms with van der Waals surface area (Å²) in [6.45, 7) is 7.13. The number of hydrogen-bond donors (Lipinski definition) is 0. The van der Waals surface area contributed by atoms with Gasteiger partial charge in [-0.25, -0.2) is 22.4 Å². The molecule has 1 amide bonds. The molecular weight excluding hydrogens is 598 g/mol. The first-order valence-corrected chi connectivity index (χ1v) is 14.5. The topological polar surface area (TPSA) is 71.0 Å². The Labute approximate surface area is 238 Å². The summed E-state index contributed by atoms with van der Waals surface area (Å²) in [5.74, 6) is -3.72. The smallest absolute Gasteiger partial charge is 0.410 e. The van der Waals surface area contributed by atoms with Crippen LogP contribution in [0.15, 0.2) is 4.47 Å². The predicted molar refractivity (Wildman–Crippen MR) is 143 cm³/mol. The van der Waals surface area contributed by atoms with Crippen molar-refractivity contribution in [2.45, 2.75) is 82.3 Å². The summed E-state index contributed by atoms with van der Waals surface area (Å²) in [7, 11) is 0. The highest BCUT2D eigenvalue weighted by Gasteiger charge is 2.50. The monoisotopic (exact) mass is 629 g/mol. The summed E-state index contributed by atoms with van der Waals surface area (Å²) in [5, 5.41) is -0.388. The summed E-state index contributed by atoms with van der Waals surface area (Å²) in [6, 6.07) is -0.686. The van der Waals surface area contributed by atoms with Gasteiger partial charge in [0.05, 0.1) is 27.5 Å². The fourth-order valence-electron chi connectivity index (χ4n) is 6.83. The predicted octanol–water partition coefficient (Wildman–Crippen LogP) is 5.35. The van der Waals surface area contributed by atoms with Gasteiger partial charge in [-0.05, 0) is 68.9 Å². The van der Waals surface area contributed by atoms with Crippen LogP contribution < -0.4 is 9.64 Å². The molecule has 6 rings (SSSR count). The van der Waals surface area contributed by atoms with Crippen LogP contribution in [0.5, 0.6) is 6.01 Å². The van der Waals surface area contributed by atoms with Crippen molar-refractivity contribution < 1.29 is 31.8 Å². The van der Waals surface area contributed by atoms with Crippen LogP contribution in [0.25, 0.3) is 10.9 Å². The summed E-state index contributed by atoms with van der Waals surface area (Å²) in [4.78, 5) is 27.1. The first-order valence-electron chi connectivity index (χ1n) is 13.7. The molecule has 4 aliphatic heterocycles. The van der Waals surface area contributed by atoms with E-state index in [1.165, 1.54) is 0 Å². The normalized spacial score (nSPS) is 28.4. The van der Waals surface area contributed by atoms with Crippen molar-refractivity contribution in [2.75, 3.05) is 37.7 Å². The van der Waals surface area contributed by atoms with Gasteiger partial charge in [-0.15, -0.1) is 0 Å². The average molecular weight is 630 g/mol. The van der Waals surface area contributed by atoms with E-state index in [0.29, 0.717) is 25.8 Å². The fraction of sp³-hybridized carbons (Fsp3) is 0.667. The van der Waals surface area contributed by atoms with E-state index in [-0.39, 0.29) is 49.0 Å². The van der Waals surface area contributed by atoms with Gasteiger partial charge in [0.1, 0.15) is 29.7 Å². The minimum atomic E-state index is -1.38. The van der Waals surface area contributed by atoms with Crippen LogP contribution in [-0.2, 0) is 4.74 Å². The summed E-state index contributed by atoms with van der Waals surface area (Å²) in [6.07, 6.45) is 2.01. The summed E-state index contributed by atoms with van der Waals surface area (Å²) < 4.78 is 70.6. The molecule has 4 aliphatic rings. The van der Waals surface area contributed by atoms with Gasteiger partial charge in [-0.1, -0.05) is 0 Å². The number of amides is 1. The number of hydrogen-bond acceptors (Lipinski definition) is 7. The lowest BCUT2D eigenvalue weighted by Gasteiger charge is -2.42. The number of alkyl halides is 1. The Balaban J connectivity index is 1.35. The Morgan fingerprint density at radius 3 is 2.45 bits per heavy atom. The number of benzene rings is 1. The zero-order valence-corrected chi connectivity index (χ0v) is 24.2. The van der Waals surface area contributed by atoms with Crippen LogP contribution in [0.3, 0.4) is 0 Å². The van der Waals surface area contributed by atoms with Gasteiger partial charge in [0, 0.05) is 26.1 Å². The molecule has 2 bridgehead atoms. The molecule has 8 nitrogen and oxygen atoms in total. The molecule has 5 heterocycles. The fourth-order valence-corrected chi connectivity index (χ4v) is 7.19. The van der Waals surface area contributed by atoms with Crippen LogP contribution >= 0.6 is 15.9 Å². The molecule has 4 fully saturated rings. The van der Waals surface area contributed by atoms with Gasteiger partial charge in [0.25, 0.3) is 0 Å². The van der Waals surface area contributed by atoms with Crippen molar-refractivity contribution in [3.05, 3.63) is 21.9 Å². The summed E-state index contributed by atoms with van der Waals surface area (Å²) >= 11 is 2.80. The Morgan fingerprint density at radius 1 is 1.07 bits per heavy atom. The molecule has 4 saturated heterocycles. The van der Waals surface area contributed by atoms with Gasteiger partial charge < -0.3 is 14.4 Å². The zero-order valence-electron chi connectivity index (χ0n) is 22.7. The Hall–Kier alpha value is -2.41. The third-order valence-corrected chi connectivity index (χ3v) is 9.19. The molecule has 4 atom stereocenters. The molecule has 2 aromatic rings. The number of carbonyl (C=O) groups excluding carboxylic acids is 1. The standard InChI is InChI=1S/C27H32BrF4N5O3/c1-26(2,3)40-25(38)37-15-5-6-16(37)12-35(11-15)23-17-19(30)20(31)18(28)21(32)22(17)33-24(34-23)39-13-27-7-4-8-36(27)10-14(29)9-27/h14-16H,4-13H2,1-3H3/t14-,15?,16?,27+/m1/s1. The minimum Gasteiger partial charge on any atom is -0.461 e. The van der Waals surface area contributed by atoms with E-state index in [1.807, 2.05) is 0 Å². The largest absolute Gasteiger partial charge is 0.461 e. The number of piperazine rings is 1. The molecule has 1 aromatic carbocycles. The number of rotatable bonds is 4. The molecule has 13 heteroatoms. The van der Waals surface area contributed by atoms with E-state index < -0.39 is 50.8 Å². The van der Waals surface area contributed by atoms with Crippen LogP contribution in [0, 0.1) is 17.5 Å². The molecule has 0 radical (unpaired) electrons. The Bertz CT molecular complexity index is 1350. The maximum atomic E-state index is 15.4. The maximum Gasteiger partial charge on any atom is 0.410 e. The van der Waals surface area contributed by atoms with E-state index in [2.05, 4.69) is 30.8 Å². The number of carbonyl (C=O) groups is 1. The molecule has 0 spiro atoms. The third-order valence-electron chi connectivity index (χ3n) is 8.49. The van der Waals surface area contributed by atoms with E-state index in [0.717, 1.165) is 19.4 Å². The van der Waals surface area contributed by atoms with E-state index in [1.54, 1.807) is 30.6 Å². The number of aromatic nitrogens is 2. The molecule has 40 heavy (non-hydrogen) atoms. The van der Waals surface area contributed by atoms with Crippen molar-refractivity contribution >= 4 is 38.7 Å². The number of halogens is 5. The minimum absolute atomic E-state index is 0.000827. The lowest BCUT2D eigenvalue weighted by molar-refractivity contribution is 0.0122. The first kappa shape index (κ1) is 27.7. The van der Waals surface area contributed by atoms with Crippen LogP contribution in [0.2, 0.25) is 0 Å². The summed E-state index contributed by atoms with van der Waals surface area (Å²) in [5.41, 5.74) is -1.57. The highest BCUT2D eigenvalue weighted by Crippen LogP contribution is 2.42. The van der Waals surface area contributed by atoms with Crippen molar-refractivity contribution in [3.63, 3.8) is 0 Å². The van der Waals surface area contributed by atoms with Crippen LogP contribution in [-0.4, -0.2) is 88.0 Å². The average Bonchev–Trinajstić information content (AvgIpc) is 3.50. The molecule has 1 aromatic heterocycles. The van der Waals surface area contributed by atoms with Gasteiger partial charge in [-0.2, -0.15) is 9.97 Å². The quantitative estimate of drug-likeness (QED) is 0.256. The second kappa shape index (κ2) is 9.85. The number of nitrogens with zero attached hydrogens (tertiary/aromatic N) is 5.